The second kappa shape index (κ2) is 14.6. The van der Waals surface area contributed by atoms with Gasteiger partial charge in [-0.3, -0.25) is 0 Å². The summed E-state index contributed by atoms with van der Waals surface area (Å²) in [6.45, 7) is 0. The van der Waals surface area contributed by atoms with Crippen molar-refractivity contribution in [1.82, 2.24) is 0 Å². The number of benzene rings is 14. The quantitative estimate of drug-likeness (QED) is 0.119. The predicted octanol–water partition coefficient (Wildman–Crippen LogP) is 20.0. The van der Waals surface area contributed by atoms with Crippen LogP contribution in [0.3, 0.4) is 0 Å². The van der Waals surface area contributed by atoms with Crippen LogP contribution in [0, 0.1) is 11.6 Å². The van der Waals surface area contributed by atoms with Gasteiger partial charge in [-0.05, 0) is 195 Å². The van der Waals surface area contributed by atoms with Crippen molar-refractivity contribution in [2.75, 3.05) is 0 Å². The highest BCUT2D eigenvalue weighted by atomic mass is 19.1. The van der Waals surface area contributed by atoms with Gasteiger partial charge in [-0.1, -0.05) is 200 Å². The average molecular weight is 917 g/mol. The third-order valence-corrected chi connectivity index (χ3v) is 16.0. The molecule has 0 amide bonds. The highest BCUT2D eigenvalue weighted by molar-refractivity contribution is 6.44. The van der Waals surface area contributed by atoms with Gasteiger partial charge in [0.15, 0.2) is 0 Å². The zero-order chi connectivity index (χ0) is 47.3. The van der Waals surface area contributed by atoms with Crippen molar-refractivity contribution in [1.29, 1.82) is 0 Å². The first-order valence-electron chi connectivity index (χ1n) is 24.7. The van der Waals surface area contributed by atoms with Gasteiger partial charge in [-0.15, -0.1) is 0 Å². The molecule has 0 spiro atoms. The molecule has 332 valence electrons. The molecule has 0 saturated carbocycles. The zero-order valence-electron chi connectivity index (χ0n) is 38.7. The number of halogens is 2. The summed E-state index contributed by atoms with van der Waals surface area (Å²) in [6.07, 6.45) is 0. The predicted molar refractivity (Wildman–Crippen MR) is 299 cm³/mol. The number of hydrogen-bond acceptors (Lipinski definition) is 0. The minimum absolute atomic E-state index is 0.251. The van der Waals surface area contributed by atoms with Gasteiger partial charge < -0.3 is 0 Å². The van der Waals surface area contributed by atoms with Gasteiger partial charge in [0.1, 0.15) is 11.6 Å². The van der Waals surface area contributed by atoms with Crippen LogP contribution in [-0.2, 0) is 0 Å². The van der Waals surface area contributed by atoms with E-state index < -0.39 is 0 Å². The summed E-state index contributed by atoms with van der Waals surface area (Å²) in [5, 5.41) is 14.5. The third-order valence-electron chi connectivity index (χ3n) is 16.0. The summed E-state index contributed by atoms with van der Waals surface area (Å²) in [5.41, 5.74) is 20.8. The van der Waals surface area contributed by atoms with Gasteiger partial charge >= 0.3 is 0 Å². The highest BCUT2D eigenvalue weighted by Crippen LogP contribution is 2.64. The van der Waals surface area contributed by atoms with Crippen LogP contribution < -0.4 is 0 Å². The molecule has 14 aromatic rings. The molecular weight excluding hydrogens is 879 g/mol. The van der Waals surface area contributed by atoms with Gasteiger partial charge in [0, 0.05) is 0 Å². The highest BCUT2D eigenvalue weighted by Gasteiger charge is 2.36. The minimum atomic E-state index is -0.253. The first-order valence-corrected chi connectivity index (χ1v) is 24.7. The fourth-order valence-electron chi connectivity index (χ4n) is 13.3. The third kappa shape index (κ3) is 5.23. The first kappa shape index (κ1) is 39.6. The Balaban J connectivity index is 1.09. The molecule has 0 atom stereocenters. The Morgan fingerprint density at radius 2 is 0.514 bits per heavy atom. The van der Waals surface area contributed by atoms with Crippen molar-refractivity contribution >= 4 is 64.6 Å². The van der Waals surface area contributed by atoms with E-state index in [1.54, 1.807) is 24.3 Å². The fraction of sp³-hybridized carbons (Fsp3) is 0. The molecule has 0 fully saturated rings. The van der Waals surface area contributed by atoms with E-state index in [1.807, 2.05) is 24.3 Å². The van der Waals surface area contributed by atoms with Crippen LogP contribution in [0.4, 0.5) is 8.78 Å². The molecule has 0 aromatic heterocycles. The Kier molecular flexibility index (Phi) is 8.05. The molecule has 0 saturated heterocycles. The van der Waals surface area contributed by atoms with Gasteiger partial charge in [0.05, 0.1) is 0 Å². The van der Waals surface area contributed by atoms with E-state index in [1.165, 1.54) is 110 Å². The molecule has 2 heteroatoms. The Morgan fingerprint density at radius 3 is 0.944 bits per heavy atom. The van der Waals surface area contributed by atoms with Crippen molar-refractivity contribution < 1.29 is 8.78 Å². The van der Waals surface area contributed by atoms with Crippen LogP contribution in [0.25, 0.3) is 165 Å². The molecule has 0 heterocycles. The standard InChI is InChI=1S/C70H38F2/c71-44-28-24-42(25-29-44)60-48-22-12-10-20-46(48)58(40-16-6-2-7-17-40)67-53-34-32-50-51-33-35-55-65-57(38-56(39-14-4-1-5-15-39)64(66(51)65)52-36-37-54(68(60)67)63(53)62(50)52)70-61(43-26-30-45(72)31-27-43)49-23-13-11-21-47(49)59(69(55)70)41-18-8-3-9-19-41/h1-38H. The maximum atomic E-state index is 14.9. The monoisotopic (exact) mass is 916 g/mol. The maximum absolute atomic E-state index is 14.9. The molecule has 0 N–H and O–H groups in total. The average Bonchev–Trinajstić information content (AvgIpc) is 3.95. The Hall–Kier alpha value is -9.24. The molecule has 72 heavy (non-hydrogen) atoms. The maximum Gasteiger partial charge on any atom is 0.123 e. The largest absolute Gasteiger partial charge is 0.207 e. The van der Waals surface area contributed by atoms with Gasteiger partial charge in [0.25, 0.3) is 0 Å². The van der Waals surface area contributed by atoms with Crippen LogP contribution in [-0.4, -0.2) is 0 Å². The number of hydrogen-bond donors (Lipinski definition) is 0. The van der Waals surface area contributed by atoms with Gasteiger partial charge in [0.2, 0.25) is 0 Å². The lowest BCUT2D eigenvalue weighted by atomic mass is 9.82. The Labute approximate surface area is 413 Å². The van der Waals surface area contributed by atoms with Crippen LogP contribution in [0.15, 0.2) is 231 Å². The van der Waals surface area contributed by atoms with Crippen LogP contribution >= 0.6 is 0 Å². The smallest absolute Gasteiger partial charge is 0.123 e. The van der Waals surface area contributed by atoms with E-state index in [0.29, 0.717) is 0 Å². The molecule has 16 rings (SSSR count). The fourth-order valence-corrected chi connectivity index (χ4v) is 13.3. The molecule has 0 aliphatic heterocycles. The SMILES string of the molecule is Fc1ccc(-c2c3c(c(-c4ccccc4)c4ccccc24)-c2ccc4c5ccc6c7c(cc(-c8ccccc8)c(c8ccc-3c2c48)c75)-c2c-6c(-c3ccccc3)c3ccccc3c2-c2ccc(F)cc2)cc1. The van der Waals surface area contributed by atoms with Crippen LogP contribution in [0.1, 0.15) is 0 Å². The van der Waals surface area contributed by atoms with E-state index in [4.69, 9.17) is 0 Å². The van der Waals surface area contributed by atoms with Crippen LogP contribution in [0.5, 0.6) is 0 Å². The summed E-state index contributed by atoms with van der Waals surface area (Å²) in [7, 11) is 0. The Morgan fingerprint density at radius 1 is 0.181 bits per heavy atom. The van der Waals surface area contributed by atoms with Crippen LogP contribution in [0.2, 0.25) is 0 Å². The van der Waals surface area contributed by atoms with E-state index in [-0.39, 0.29) is 11.6 Å². The molecular formula is C70H38F2. The van der Waals surface area contributed by atoms with Crippen molar-refractivity contribution in [2.45, 2.75) is 0 Å². The van der Waals surface area contributed by atoms with Crippen molar-refractivity contribution in [2.24, 2.45) is 0 Å². The summed E-state index contributed by atoms with van der Waals surface area (Å²) in [6, 6.07) is 80.9. The molecule has 0 bridgehead atoms. The molecule has 0 unspecified atom stereocenters. The summed E-state index contributed by atoms with van der Waals surface area (Å²) in [4.78, 5) is 0. The zero-order valence-corrected chi connectivity index (χ0v) is 38.7. The second-order valence-corrected chi connectivity index (χ2v) is 19.5. The summed E-state index contributed by atoms with van der Waals surface area (Å²) >= 11 is 0. The lowest BCUT2D eigenvalue weighted by Crippen LogP contribution is -1.94. The molecule has 2 aliphatic rings. The van der Waals surface area contributed by atoms with E-state index in [2.05, 4.69) is 182 Å². The normalized spacial score (nSPS) is 12.3. The topological polar surface area (TPSA) is 0 Å². The summed E-state index contributed by atoms with van der Waals surface area (Å²) < 4.78 is 29.6. The van der Waals surface area contributed by atoms with Crippen molar-refractivity contribution in [3.63, 3.8) is 0 Å². The minimum Gasteiger partial charge on any atom is -0.207 e. The van der Waals surface area contributed by atoms with Crippen molar-refractivity contribution in [3.05, 3.63) is 242 Å². The first-order chi connectivity index (χ1) is 35.6. The second-order valence-electron chi connectivity index (χ2n) is 19.5. The number of fused-ring (bicyclic) bond motifs is 10. The Bertz CT molecular complexity index is 4630. The lowest BCUT2D eigenvalue weighted by Gasteiger charge is -2.21. The molecule has 14 aromatic carbocycles. The van der Waals surface area contributed by atoms with Crippen molar-refractivity contribution in [3.8, 4) is 100 Å². The summed E-state index contributed by atoms with van der Waals surface area (Å²) in [5.74, 6) is -0.504. The van der Waals surface area contributed by atoms with E-state index >= 15 is 0 Å². The van der Waals surface area contributed by atoms with Gasteiger partial charge in [-0.2, -0.15) is 0 Å². The van der Waals surface area contributed by atoms with Gasteiger partial charge in [-0.25, -0.2) is 8.78 Å². The molecule has 0 nitrogen and oxygen atoms in total. The van der Waals surface area contributed by atoms with E-state index in [9.17, 15) is 8.78 Å². The van der Waals surface area contributed by atoms with E-state index in [0.717, 1.165) is 55.1 Å². The number of rotatable bonds is 5. The molecule has 0 radical (unpaired) electrons. The molecule has 2 aliphatic carbocycles. The lowest BCUT2D eigenvalue weighted by molar-refractivity contribution is 0.627.